The van der Waals surface area contributed by atoms with E-state index in [2.05, 4.69) is 20.6 Å². The molecule has 0 bridgehead atoms. The number of alkyl halides is 3. The van der Waals surface area contributed by atoms with Gasteiger partial charge < -0.3 is 25.0 Å². The Labute approximate surface area is 170 Å². The van der Waals surface area contributed by atoms with Gasteiger partial charge in [0.25, 0.3) is 0 Å². The van der Waals surface area contributed by atoms with Crippen LogP contribution in [-0.4, -0.2) is 41.9 Å². The fraction of sp³-hybridized carbons (Fsp3) is 0.421. The first-order chi connectivity index (χ1) is 14.3. The molecule has 0 aliphatic carbocycles. The summed E-state index contributed by atoms with van der Waals surface area (Å²) in [6.45, 7) is 2.54. The fourth-order valence-electron chi connectivity index (χ4n) is 3.44. The number of carbonyl (C=O) groups excluding carboxylic acids is 1. The topological polar surface area (TPSA) is 88.6 Å². The largest absolute Gasteiger partial charge is 0.454 e. The lowest BCUT2D eigenvalue weighted by atomic mass is 10.1. The Hall–Kier alpha value is -3.24. The smallest absolute Gasteiger partial charge is 0.433 e. The van der Waals surface area contributed by atoms with Gasteiger partial charge in [0, 0.05) is 37.0 Å². The van der Waals surface area contributed by atoms with Crippen molar-refractivity contribution < 1.29 is 27.4 Å². The number of ether oxygens (including phenoxy) is 2. The third-order valence-electron chi connectivity index (χ3n) is 4.90. The third kappa shape index (κ3) is 4.50. The Bertz CT molecular complexity index is 945. The highest BCUT2D eigenvalue weighted by atomic mass is 19.4. The Morgan fingerprint density at radius 1 is 1.13 bits per heavy atom. The minimum absolute atomic E-state index is 0.0724. The van der Waals surface area contributed by atoms with E-state index >= 15 is 0 Å². The van der Waals surface area contributed by atoms with Gasteiger partial charge in [0.2, 0.25) is 6.79 Å². The van der Waals surface area contributed by atoms with Crippen LogP contribution in [0, 0.1) is 6.92 Å². The molecule has 0 saturated carbocycles. The van der Waals surface area contributed by atoms with Crippen LogP contribution < -0.4 is 25.0 Å². The second-order valence-corrected chi connectivity index (χ2v) is 7.08. The van der Waals surface area contributed by atoms with Crippen molar-refractivity contribution in [2.24, 2.45) is 0 Å². The van der Waals surface area contributed by atoms with E-state index in [9.17, 15) is 18.0 Å². The Morgan fingerprint density at radius 3 is 2.60 bits per heavy atom. The first-order valence-corrected chi connectivity index (χ1v) is 9.43. The number of piperidine rings is 1. The lowest BCUT2D eigenvalue weighted by Crippen LogP contribution is -2.46. The molecule has 0 unspecified atom stereocenters. The maximum absolute atomic E-state index is 13.0. The summed E-state index contributed by atoms with van der Waals surface area (Å²) < 4.78 is 49.5. The van der Waals surface area contributed by atoms with Gasteiger partial charge in [-0.1, -0.05) is 0 Å². The van der Waals surface area contributed by atoms with E-state index in [1.807, 2.05) is 0 Å². The van der Waals surface area contributed by atoms with E-state index in [0.717, 1.165) is 6.07 Å². The molecule has 2 aromatic rings. The molecule has 1 aromatic carbocycles. The summed E-state index contributed by atoms with van der Waals surface area (Å²) in [6.07, 6.45) is -3.35. The number of benzene rings is 1. The number of hydrogen-bond acceptors (Lipinski definition) is 6. The van der Waals surface area contributed by atoms with Crippen molar-refractivity contribution in [1.29, 1.82) is 0 Å². The summed E-state index contributed by atoms with van der Waals surface area (Å²) in [7, 11) is 0. The number of anilines is 2. The van der Waals surface area contributed by atoms with Gasteiger partial charge >= 0.3 is 12.2 Å². The Balaban J connectivity index is 1.31. The normalized spacial score (nSPS) is 16.5. The van der Waals surface area contributed by atoms with Crippen LogP contribution in [-0.2, 0) is 6.18 Å². The molecule has 8 nitrogen and oxygen atoms in total. The third-order valence-corrected chi connectivity index (χ3v) is 4.90. The second kappa shape index (κ2) is 7.88. The molecule has 4 rings (SSSR count). The van der Waals surface area contributed by atoms with E-state index in [1.165, 1.54) is 6.92 Å². The SMILES string of the molecule is Cc1nc(N2CCC(NC(=O)Nc3ccc4c(c3)OCO4)CC2)cc(C(F)(F)F)n1. The van der Waals surface area contributed by atoms with Crippen molar-refractivity contribution in [1.82, 2.24) is 15.3 Å². The predicted octanol–water partition coefficient (Wildman–Crippen LogP) is 3.32. The lowest BCUT2D eigenvalue weighted by Gasteiger charge is -2.33. The first-order valence-electron chi connectivity index (χ1n) is 9.43. The summed E-state index contributed by atoms with van der Waals surface area (Å²) >= 11 is 0. The van der Waals surface area contributed by atoms with Crippen molar-refractivity contribution in [2.75, 3.05) is 30.1 Å². The van der Waals surface area contributed by atoms with Gasteiger partial charge in [0.1, 0.15) is 17.3 Å². The zero-order valence-corrected chi connectivity index (χ0v) is 16.1. The molecule has 1 fully saturated rings. The molecule has 160 valence electrons. The second-order valence-electron chi connectivity index (χ2n) is 7.08. The van der Waals surface area contributed by atoms with Crippen molar-refractivity contribution >= 4 is 17.5 Å². The highest BCUT2D eigenvalue weighted by Crippen LogP contribution is 2.34. The van der Waals surface area contributed by atoms with Gasteiger partial charge in [-0.2, -0.15) is 13.2 Å². The van der Waals surface area contributed by atoms with Crippen LogP contribution >= 0.6 is 0 Å². The van der Waals surface area contributed by atoms with Crippen molar-refractivity contribution in [3.05, 3.63) is 35.8 Å². The number of nitrogens with zero attached hydrogens (tertiary/aromatic N) is 3. The molecule has 1 aromatic heterocycles. The van der Waals surface area contributed by atoms with Crippen LogP contribution in [0.25, 0.3) is 0 Å². The molecule has 2 N–H and O–H groups in total. The van der Waals surface area contributed by atoms with Crippen LogP contribution in [0.5, 0.6) is 11.5 Å². The van der Waals surface area contributed by atoms with Gasteiger partial charge in [-0.15, -0.1) is 0 Å². The van der Waals surface area contributed by atoms with Crippen molar-refractivity contribution in [3.63, 3.8) is 0 Å². The molecule has 0 spiro atoms. The molecule has 0 radical (unpaired) electrons. The molecule has 2 aliphatic rings. The number of carbonyl (C=O) groups is 1. The van der Waals surface area contributed by atoms with Gasteiger partial charge in [0.05, 0.1) is 0 Å². The number of fused-ring (bicyclic) bond motifs is 1. The minimum Gasteiger partial charge on any atom is -0.454 e. The number of amides is 2. The molecule has 1 saturated heterocycles. The summed E-state index contributed by atoms with van der Waals surface area (Å²) in [5, 5.41) is 5.64. The quantitative estimate of drug-likeness (QED) is 0.788. The number of urea groups is 1. The number of hydrogen-bond donors (Lipinski definition) is 2. The molecule has 0 atom stereocenters. The summed E-state index contributed by atoms with van der Waals surface area (Å²) in [6, 6.07) is 5.62. The van der Waals surface area contributed by atoms with Gasteiger partial charge in [-0.05, 0) is 31.9 Å². The predicted molar refractivity (Wildman–Crippen MR) is 102 cm³/mol. The fourth-order valence-corrected chi connectivity index (χ4v) is 3.44. The molecule has 2 amide bonds. The Morgan fingerprint density at radius 2 is 1.87 bits per heavy atom. The highest BCUT2D eigenvalue weighted by Gasteiger charge is 2.34. The first kappa shape index (κ1) is 20.0. The summed E-state index contributed by atoms with van der Waals surface area (Å²) in [5.41, 5.74) is -0.376. The highest BCUT2D eigenvalue weighted by molar-refractivity contribution is 5.89. The Kier molecular flexibility index (Phi) is 5.27. The average Bonchev–Trinajstić information content (AvgIpc) is 3.15. The monoisotopic (exact) mass is 423 g/mol. The zero-order valence-electron chi connectivity index (χ0n) is 16.1. The molecular formula is C19H20F3N5O3. The van der Waals surface area contributed by atoms with E-state index in [4.69, 9.17) is 9.47 Å². The molecular weight excluding hydrogens is 403 g/mol. The number of nitrogens with one attached hydrogen (secondary N) is 2. The molecule has 2 aliphatic heterocycles. The molecule has 30 heavy (non-hydrogen) atoms. The van der Waals surface area contributed by atoms with Gasteiger partial charge in [-0.3, -0.25) is 0 Å². The van der Waals surface area contributed by atoms with E-state index in [0.29, 0.717) is 43.1 Å². The standard InChI is InChI=1S/C19H20F3N5O3/c1-11-23-16(19(20,21)22)9-17(24-11)27-6-4-12(5-7-27)25-18(28)26-13-2-3-14-15(8-13)30-10-29-14/h2-3,8-9,12H,4-7,10H2,1H3,(H2,25,26,28). The summed E-state index contributed by atoms with van der Waals surface area (Å²) in [4.78, 5) is 21.7. The average molecular weight is 423 g/mol. The van der Waals surface area contributed by atoms with E-state index < -0.39 is 11.9 Å². The van der Waals surface area contributed by atoms with Crippen LogP contribution in [0.2, 0.25) is 0 Å². The molecule has 11 heteroatoms. The zero-order chi connectivity index (χ0) is 21.3. The van der Waals surface area contributed by atoms with Gasteiger partial charge in [-0.25, -0.2) is 14.8 Å². The number of aryl methyl sites for hydroxylation is 1. The number of rotatable bonds is 3. The maximum atomic E-state index is 13.0. The van der Waals surface area contributed by atoms with Gasteiger partial charge in [0.15, 0.2) is 11.5 Å². The van der Waals surface area contributed by atoms with Crippen molar-refractivity contribution in [2.45, 2.75) is 32.0 Å². The van der Waals surface area contributed by atoms with E-state index in [1.54, 1.807) is 23.1 Å². The van der Waals surface area contributed by atoms with E-state index in [-0.39, 0.29) is 30.5 Å². The van der Waals surface area contributed by atoms with Crippen LogP contribution in [0.3, 0.4) is 0 Å². The lowest BCUT2D eigenvalue weighted by molar-refractivity contribution is -0.141. The number of halogens is 3. The van der Waals surface area contributed by atoms with Crippen LogP contribution in [0.4, 0.5) is 29.5 Å². The minimum atomic E-state index is -4.52. The van der Waals surface area contributed by atoms with Crippen LogP contribution in [0.15, 0.2) is 24.3 Å². The number of aromatic nitrogens is 2. The molecule has 3 heterocycles. The van der Waals surface area contributed by atoms with Crippen LogP contribution in [0.1, 0.15) is 24.4 Å². The van der Waals surface area contributed by atoms with Crippen molar-refractivity contribution in [3.8, 4) is 11.5 Å². The summed E-state index contributed by atoms with van der Waals surface area (Å²) in [5.74, 6) is 1.52. The maximum Gasteiger partial charge on any atom is 0.433 e.